The van der Waals surface area contributed by atoms with Gasteiger partial charge in [0.05, 0.1) is 12.3 Å². The molecule has 1 aromatic rings. The Balaban J connectivity index is 1.91. The van der Waals surface area contributed by atoms with Crippen LogP contribution in [0, 0.1) is 5.92 Å². The van der Waals surface area contributed by atoms with Crippen LogP contribution in [0.5, 0.6) is 0 Å². The van der Waals surface area contributed by atoms with Gasteiger partial charge in [-0.3, -0.25) is 9.58 Å². The van der Waals surface area contributed by atoms with Gasteiger partial charge in [-0.25, -0.2) is 0 Å². The third kappa shape index (κ3) is 4.30. The van der Waals surface area contributed by atoms with Gasteiger partial charge in [-0.2, -0.15) is 5.10 Å². The molecule has 0 radical (unpaired) electrons. The SMILES string of the molecule is CCn1nccc1CN(CCO)CC1CCCNC1. The molecule has 1 atom stereocenters. The Kier molecular flexibility index (Phi) is 5.82. The van der Waals surface area contributed by atoms with Crippen LogP contribution >= 0.6 is 0 Å². The molecule has 1 aliphatic rings. The highest BCUT2D eigenvalue weighted by Gasteiger charge is 2.17. The number of piperidine rings is 1. The lowest BCUT2D eigenvalue weighted by Gasteiger charge is -2.29. The zero-order chi connectivity index (χ0) is 13.5. The van der Waals surface area contributed by atoms with Gasteiger partial charge in [0.15, 0.2) is 0 Å². The molecular formula is C14H26N4O. The Morgan fingerprint density at radius 1 is 1.58 bits per heavy atom. The zero-order valence-corrected chi connectivity index (χ0v) is 11.9. The number of nitrogens with zero attached hydrogens (tertiary/aromatic N) is 3. The molecule has 0 saturated carbocycles. The number of hydrogen-bond acceptors (Lipinski definition) is 4. The van der Waals surface area contributed by atoms with Crippen LogP contribution in [0.4, 0.5) is 0 Å². The number of nitrogens with one attached hydrogen (secondary N) is 1. The Hall–Kier alpha value is -0.910. The second kappa shape index (κ2) is 7.62. The molecule has 2 N–H and O–H groups in total. The smallest absolute Gasteiger partial charge is 0.0558 e. The van der Waals surface area contributed by atoms with Crippen LogP contribution in [-0.4, -0.2) is 52.6 Å². The van der Waals surface area contributed by atoms with Crippen molar-refractivity contribution in [2.24, 2.45) is 5.92 Å². The monoisotopic (exact) mass is 266 g/mol. The molecule has 5 nitrogen and oxygen atoms in total. The molecule has 5 heteroatoms. The Morgan fingerprint density at radius 2 is 2.47 bits per heavy atom. The summed E-state index contributed by atoms with van der Waals surface area (Å²) in [4.78, 5) is 2.35. The fraction of sp³-hybridized carbons (Fsp3) is 0.786. The number of hydrogen-bond donors (Lipinski definition) is 2. The van der Waals surface area contributed by atoms with E-state index in [2.05, 4.69) is 28.3 Å². The van der Waals surface area contributed by atoms with E-state index in [1.54, 1.807) is 0 Å². The summed E-state index contributed by atoms with van der Waals surface area (Å²) in [6.45, 7) is 8.17. The number of rotatable bonds is 7. The molecule has 1 unspecified atom stereocenters. The summed E-state index contributed by atoms with van der Waals surface area (Å²) in [5.41, 5.74) is 1.24. The first-order valence-electron chi connectivity index (χ1n) is 7.38. The predicted octanol–water partition coefficient (Wildman–Crippen LogP) is 0.697. The standard InChI is InChI=1S/C14H26N4O/c1-2-18-14(5-7-16-18)12-17(8-9-19)11-13-4-3-6-15-10-13/h5,7,13,15,19H,2-4,6,8-12H2,1H3. The zero-order valence-electron chi connectivity index (χ0n) is 11.9. The average Bonchev–Trinajstić information content (AvgIpc) is 2.87. The molecule has 0 bridgehead atoms. The van der Waals surface area contributed by atoms with Crippen molar-refractivity contribution in [3.05, 3.63) is 18.0 Å². The van der Waals surface area contributed by atoms with Gasteiger partial charge in [0, 0.05) is 32.4 Å². The molecule has 2 heterocycles. The summed E-state index contributed by atoms with van der Waals surface area (Å²) in [7, 11) is 0. The maximum absolute atomic E-state index is 9.24. The first-order valence-corrected chi connectivity index (χ1v) is 7.38. The molecule has 108 valence electrons. The summed E-state index contributed by atoms with van der Waals surface area (Å²) in [6, 6.07) is 2.08. The first kappa shape index (κ1) is 14.5. The van der Waals surface area contributed by atoms with Crippen LogP contribution in [0.2, 0.25) is 0 Å². The quantitative estimate of drug-likeness (QED) is 0.763. The van der Waals surface area contributed by atoms with E-state index in [-0.39, 0.29) is 6.61 Å². The highest BCUT2D eigenvalue weighted by molar-refractivity contribution is 5.00. The number of aromatic nitrogens is 2. The van der Waals surface area contributed by atoms with Gasteiger partial charge in [-0.15, -0.1) is 0 Å². The summed E-state index contributed by atoms with van der Waals surface area (Å²) in [5.74, 6) is 0.707. The second-order valence-corrected chi connectivity index (χ2v) is 5.31. The minimum Gasteiger partial charge on any atom is -0.395 e. The van der Waals surface area contributed by atoms with Crippen molar-refractivity contribution in [2.45, 2.75) is 32.9 Å². The third-order valence-electron chi connectivity index (χ3n) is 3.82. The van der Waals surface area contributed by atoms with E-state index in [1.807, 2.05) is 10.9 Å². The van der Waals surface area contributed by atoms with Crippen molar-refractivity contribution in [2.75, 3.05) is 32.8 Å². The molecule has 19 heavy (non-hydrogen) atoms. The lowest BCUT2D eigenvalue weighted by Crippen LogP contribution is -2.39. The van der Waals surface area contributed by atoms with Gasteiger partial charge in [0.1, 0.15) is 0 Å². The molecule has 1 saturated heterocycles. The van der Waals surface area contributed by atoms with E-state index in [9.17, 15) is 5.11 Å². The van der Waals surface area contributed by atoms with Gasteiger partial charge < -0.3 is 10.4 Å². The lowest BCUT2D eigenvalue weighted by molar-refractivity contribution is 0.155. The van der Waals surface area contributed by atoms with Crippen molar-refractivity contribution < 1.29 is 5.11 Å². The van der Waals surface area contributed by atoms with E-state index in [0.717, 1.165) is 39.3 Å². The van der Waals surface area contributed by atoms with E-state index in [0.29, 0.717) is 5.92 Å². The summed E-state index contributed by atoms with van der Waals surface area (Å²) < 4.78 is 2.03. The van der Waals surface area contributed by atoms with Crippen molar-refractivity contribution in [3.8, 4) is 0 Å². The lowest BCUT2D eigenvalue weighted by atomic mass is 9.99. The van der Waals surface area contributed by atoms with Crippen molar-refractivity contribution in [1.29, 1.82) is 0 Å². The van der Waals surface area contributed by atoms with Gasteiger partial charge >= 0.3 is 0 Å². The fourth-order valence-corrected chi connectivity index (χ4v) is 2.83. The predicted molar refractivity (Wildman–Crippen MR) is 75.9 cm³/mol. The van der Waals surface area contributed by atoms with Crippen molar-refractivity contribution in [1.82, 2.24) is 20.0 Å². The molecule has 1 aromatic heterocycles. The summed E-state index contributed by atoms with van der Waals surface area (Å²) in [5, 5.41) is 17.0. The van der Waals surface area contributed by atoms with Gasteiger partial charge in [0.25, 0.3) is 0 Å². The Morgan fingerprint density at radius 3 is 3.16 bits per heavy atom. The average molecular weight is 266 g/mol. The van der Waals surface area contributed by atoms with Crippen LogP contribution < -0.4 is 5.32 Å². The van der Waals surface area contributed by atoms with Crippen LogP contribution in [0.15, 0.2) is 12.3 Å². The minimum absolute atomic E-state index is 0.223. The van der Waals surface area contributed by atoms with E-state index in [4.69, 9.17) is 0 Å². The van der Waals surface area contributed by atoms with Gasteiger partial charge in [-0.05, 0) is 44.8 Å². The van der Waals surface area contributed by atoms with Crippen molar-refractivity contribution >= 4 is 0 Å². The summed E-state index contributed by atoms with van der Waals surface area (Å²) in [6.07, 6.45) is 4.42. The number of aryl methyl sites for hydroxylation is 1. The Labute approximate surface area is 115 Å². The molecule has 1 fully saturated rings. The van der Waals surface area contributed by atoms with E-state index >= 15 is 0 Å². The third-order valence-corrected chi connectivity index (χ3v) is 3.82. The highest BCUT2D eigenvalue weighted by atomic mass is 16.3. The molecule has 2 rings (SSSR count). The minimum atomic E-state index is 0.223. The van der Waals surface area contributed by atoms with Crippen LogP contribution in [0.3, 0.4) is 0 Å². The van der Waals surface area contributed by atoms with E-state index in [1.165, 1.54) is 18.5 Å². The van der Waals surface area contributed by atoms with Crippen LogP contribution in [-0.2, 0) is 13.1 Å². The first-order chi connectivity index (χ1) is 9.33. The number of aliphatic hydroxyl groups is 1. The van der Waals surface area contributed by atoms with Crippen LogP contribution in [0.25, 0.3) is 0 Å². The van der Waals surface area contributed by atoms with Crippen LogP contribution in [0.1, 0.15) is 25.5 Å². The molecule has 0 spiro atoms. The second-order valence-electron chi connectivity index (χ2n) is 5.31. The molecular weight excluding hydrogens is 240 g/mol. The van der Waals surface area contributed by atoms with Crippen molar-refractivity contribution in [3.63, 3.8) is 0 Å². The topological polar surface area (TPSA) is 53.3 Å². The molecule has 0 aliphatic carbocycles. The van der Waals surface area contributed by atoms with E-state index < -0.39 is 0 Å². The molecule has 0 aromatic carbocycles. The Bertz CT molecular complexity index is 360. The highest BCUT2D eigenvalue weighted by Crippen LogP contribution is 2.13. The fourth-order valence-electron chi connectivity index (χ4n) is 2.83. The van der Waals surface area contributed by atoms with Gasteiger partial charge in [0.2, 0.25) is 0 Å². The normalized spacial score (nSPS) is 20.1. The largest absolute Gasteiger partial charge is 0.395 e. The summed E-state index contributed by atoms with van der Waals surface area (Å²) >= 11 is 0. The maximum Gasteiger partial charge on any atom is 0.0558 e. The molecule has 1 aliphatic heterocycles. The molecule has 0 amide bonds. The number of aliphatic hydroxyl groups excluding tert-OH is 1. The maximum atomic E-state index is 9.24. The van der Waals surface area contributed by atoms with Gasteiger partial charge in [-0.1, -0.05) is 0 Å².